The number of nitrogens with zero attached hydrogens (tertiary/aromatic N) is 4. The van der Waals surface area contributed by atoms with Crippen LogP contribution in [0.2, 0.25) is 0 Å². The number of halogens is 1. The summed E-state index contributed by atoms with van der Waals surface area (Å²) in [5.74, 6) is -0.294. The first-order valence-corrected chi connectivity index (χ1v) is 12.4. The molecule has 2 aromatic rings. The number of rotatable bonds is 4. The third-order valence-corrected chi connectivity index (χ3v) is 8.35. The Kier molecular flexibility index (Phi) is 6.48. The third-order valence-electron chi connectivity index (χ3n) is 6.47. The fourth-order valence-electron chi connectivity index (χ4n) is 4.55. The van der Waals surface area contributed by atoms with Crippen LogP contribution in [0, 0.1) is 25.6 Å². The molecule has 2 saturated heterocycles. The molecule has 1 aromatic carbocycles. The molecule has 0 unspecified atom stereocenters. The lowest BCUT2D eigenvalue weighted by Gasteiger charge is -2.38. The monoisotopic (exact) mass is 460 g/mol. The smallest absolute Gasteiger partial charge is 0.243 e. The molecule has 0 saturated carbocycles. The van der Waals surface area contributed by atoms with E-state index in [0.717, 1.165) is 31.6 Å². The average molecular weight is 461 g/mol. The molecular weight excluding hydrogens is 431 g/mol. The van der Waals surface area contributed by atoms with Gasteiger partial charge >= 0.3 is 0 Å². The summed E-state index contributed by atoms with van der Waals surface area (Å²) in [5.41, 5.74) is 1.75. The number of hydrogen-bond donors (Lipinski definition) is 0. The fourth-order valence-corrected chi connectivity index (χ4v) is 6.14. The molecule has 0 N–H and O–H groups in total. The molecule has 2 aliphatic heterocycles. The second-order valence-corrected chi connectivity index (χ2v) is 10.5. The Bertz CT molecular complexity index is 1050. The predicted octanol–water partition coefficient (Wildman–Crippen LogP) is 2.59. The molecule has 0 bridgehead atoms. The number of aryl methyl sites for hydroxylation is 2. The molecule has 0 radical (unpaired) electrons. The van der Waals surface area contributed by atoms with E-state index >= 15 is 0 Å². The lowest BCUT2D eigenvalue weighted by molar-refractivity contribution is -0.137. The Hall–Kier alpha value is -2.52. The van der Waals surface area contributed by atoms with Crippen molar-refractivity contribution in [1.82, 2.24) is 14.2 Å². The highest BCUT2D eigenvalue weighted by atomic mass is 32.2. The zero-order chi connectivity index (χ0) is 22.9. The van der Waals surface area contributed by atoms with Crippen molar-refractivity contribution < 1.29 is 17.6 Å². The number of sulfonamides is 1. The van der Waals surface area contributed by atoms with E-state index in [9.17, 15) is 17.6 Å². The second kappa shape index (κ2) is 9.15. The largest absolute Gasteiger partial charge is 0.371 e. The standard InChI is InChI=1S/C23H29FN4O3S/c1-17-15-21(16-18(2)22(17)24)32(30,31)28-13-11-27(12-14-28)23(29)19-5-9-26(10-6-19)20-3-7-25-8-4-20/h3-4,7-8,15-16,19H,5-6,9-14H2,1-2H3. The Morgan fingerprint density at radius 2 is 1.53 bits per heavy atom. The highest BCUT2D eigenvalue weighted by Gasteiger charge is 2.34. The average Bonchev–Trinajstić information content (AvgIpc) is 2.82. The molecule has 1 aromatic heterocycles. The number of benzene rings is 1. The molecule has 0 aliphatic carbocycles. The van der Waals surface area contributed by atoms with E-state index in [1.54, 1.807) is 31.1 Å². The lowest BCUT2D eigenvalue weighted by atomic mass is 9.94. The normalized spacial score (nSPS) is 18.7. The van der Waals surface area contributed by atoms with Gasteiger partial charge in [-0.25, -0.2) is 12.8 Å². The van der Waals surface area contributed by atoms with Gasteiger partial charge < -0.3 is 9.80 Å². The molecule has 0 spiro atoms. The zero-order valence-corrected chi connectivity index (χ0v) is 19.3. The van der Waals surface area contributed by atoms with Crippen LogP contribution >= 0.6 is 0 Å². The molecular formula is C23H29FN4O3S. The highest BCUT2D eigenvalue weighted by molar-refractivity contribution is 7.89. The summed E-state index contributed by atoms with van der Waals surface area (Å²) in [4.78, 5) is 21.3. The Morgan fingerprint density at radius 3 is 2.09 bits per heavy atom. The van der Waals surface area contributed by atoms with Gasteiger partial charge in [0.2, 0.25) is 15.9 Å². The van der Waals surface area contributed by atoms with Crippen molar-refractivity contribution in [3.63, 3.8) is 0 Å². The number of aromatic nitrogens is 1. The molecule has 32 heavy (non-hydrogen) atoms. The topological polar surface area (TPSA) is 73.8 Å². The van der Waals surface area contributed by atoms with Gasteiger partial charge in [0.15, 0.2) is 0 Å². The molecule has 2 aliphatic rings. The number of carbonyl (C=O) groups is 1. The highest BCUT2D eigenvalue weighted by Crippen LogP contribution is 2.26. The van der Waals surface area contributed by atoms with Crippen LogP contribution in [-0.4, -0.2) is 67.8 Å². The summed E-state index contributed by atoms with van der Waals surface area (Å²) >= 11 is 0. The van der Waals surface area contributed by atoms with Crippen molar-refractivity contribution >= 4 is 21.6 Å². The summed E-state index contributed by atoms with van der Waals surface area (Å²) < 4.78 is 41.4. The zero-order valence-electron chi connectivity index (χ0n) is 18.5. The number of pyridine rings is 1. The van der Waals surface area contributed by atoms with E-state index in [4.69, 9.17) is 0 Å². The number of carbonyl (C=O) groups excluding carboxylic acids is 1. The van der Waals surface area contributed by atoms with Gasteiger partial charge in [-0.3, -0.25) is 9.78 Å². The van der Waals surface area contributed by atoms with Crippen LogP contribution in [0.3, 0.4) is 0 Å². The van der Waals surface area contributed by atoms with E-state index < -0.39 is 10.0 Å². The number of piperidine rings is 1. The second-order valence-electron chi connectivity index (χ2n) is 8.57. The van der Waals surface area contributed by atoms with Crippen molar-refractivity contribution in [3.8, 4) is 0 Å². The molecule has 7 nitrogen and oxygen atoms in total. The van der Waals surface area contributed by atoms with E-state index in [-0.39, 0.29) is 35.6 Å². The van der Waals surface area contributed by atoms with Crippen LogP contribution < -0.4 is 4.90 Å². The van der Waals surface area contributed by atoms with Crippen molar-refractivity contribution in [3.05, 3.63) is 53.6 Å². The van der Waals surface area contributed by atoms with E-state index in [0.29, 0.717) is 24.2 Å². The molecule has 4 rings (SSSR count). The molecule has 3 heterocycles. The molecule has 172 valence electrons. The lowest BCUT2D eigenvalue weighted by Crippen LogP contribution is -2.52. The summed E-state index contributed by atoms with van der Waals surface area (Å²) in [7, 11) is -3.72. The fraction of sp³-hybridized carbons (Fsp3) is 0.478. The molecule has 2 fully saturated rings. The third kappa shape index (κ3) is 4.49. The van der Waals surface area contributed by atoms with Gasteiger partial charge in [-0.1, -0.05) is 0 Å². The minimum Gasteiger partial charge on any atom is -0.371 e. The maximum absolute atomic E-state index is 13.9. The first-order chi connectivity index (χ1) is 15.3. The van der Waals surface area contributed by atoms with Crippen molar-refractivity contribution in [2.24, 2.45) is 5.92 Å². The number of anilines is 1. The first kappa shape index (κ1) is 22.7. The van der Waals surface area contributed by atoms with Crippen LogP contribution in [0.15, 0.2) is 41.6 Å². The maximum Gasteiger partial charge on any atom is 0.243 e. The van der Waals surface area contributed by atoms with Crippen LogP contribution in [0.4, 0.5) is 10.1 Å². The Balaban J connectivity index is 1.34. The Labute approximate surface area is 188 Å². The van der Waals surface area contributed by atoms with Gasteiger partial charge in [0, 0.05) is 63.3 Å². The van der Waals surface area contributed by atoms with Gasteiger partial charge in [-0.2, -0.15) is 4.31 Å². The minimum absolute atomic E-state index is 0.0290. The summed E-state index contributed by atoms with van der Waals surface area (Å²) in [6.45, 7) is 6.02. The van der Waals surface area contributed by atoms with Crippen molar-refractivity contribution in [1.29, 1.82) is 0 Å². The van der Waals surface area contributed by atoms with E-state index in [2.05, 4.69) is 9.88 Å². The molecule has 9 heteroatoms. The molecule has 0 atom stereocenters. The summed E-state index contributed by atoms with van der Waals surface area (Å²) in [5, 5.41) is 0. The van der Waals surface area contributed by atoms with Gasteiger partial charge in [-0.15, -0.1) is 0 Å². The van der Waals surface area contributed by atoms with E-state index in [1.807, 2.05) is 12.1 Å². The maximum atomic E-state index is 13.9. The quantitative estimate of drug-likeness (QED) is 0.701. The number of hydrogen-bond acceptors (Lipinski definition) is 5. The van der Waals surface area contributed by atoms with Crippen molar-refractivity contribution in [2.75, 3.05) is 44.2 Å². The molecule has 1 amide bonds. The van der Waals surface area contributed by atoms with Crippen LogP contribution in [0.1, 0.15) is 24.0 Å². The van der Waals surface area contributed by atoms with Gasteiger partial charge in [-0.05, 0) is 62.1 Å². The Morgan fingerprint density at radius 1 is 0.969 bits per heavy atom. The minimum atomic E-state index is -3.72. The number of amides is 1. The van der Waals surface area contributed by atoms with Crippen LogP contribution in [0.5, 0.6) is 0 Å². The SMILES string of the molecule is Cc1cc(S(=O)(=O)N2CCN(C(=O)C3CCN(c4ccncc4)CC3)CC2)cc(C)c1F. The van der Waals surface area contributed by atoms with E-state index in [1.165, 1.54) is 16.4 Å². The van der Waals surface area contributed by atoms with Gasteiger partial charge in [0.1, 0.15) is 5.82 Å². The number of piperazine rings is 1. The van der Waals surface area contributed by atoms with Crippen LogP contribution in [0.25, 0.3) is 0 Å². The van der Waals surface area contributed by atoms with Gasteiger partial charge in [0.05, 0.1) is 4.90 Å². The van der Waals surface area contributed by atoms with Gasteiger partial charge in [0.25, 0.3) is 0 Å². The predicted molar refractivity (Wildman–Crippen MR) is 120 cm³/mol. The summed E-state index contributed by atoms with van der Waals surface area (Å²) in [6.07, 6.45) is 5.12. The first-order valence-electron chi connectivity index (χ1n) is 11.0. The van der Waals surface area contributed by atoms with Crippen molar-refractivity contribution in [2.45, 2.75) is 31.6 Å². The van der Waals surface area contributed by atoms with Crippen LogP contribution in [-0.2, 0) is 14.8 Å². The summed E-state index contributed by atoms with van der Waals surface area (Å²) in [6, 6.07) is 6.72.